The topological polar surface area (TPSA) is 56.2 Å². The number of hydrogen-bond donors (Lipinski definition) is 1. The summed E-state index contributed by atoms with van der Waals surface area (Å²) in [6.45, 7) is 2.31. The largest absolute Gasteiger partial charge is 0.468 e. The van der Waals surface area contributed by atoms with Crippen LogP contribution in [-0.4, -0.2) is 34.4 Å². The van der Waals surface area contributed by atoms with E-state index in [1.165, 1.54) is 7.11 Å². The van der Waals surface area contributed by atoms with E-state index >= 15 is 0 Å². The van der Waals surface area contributed by atoms with Crippen LogP contribution in [0.2, 0.25) is 0 Å². The first-order valence-electron chi connectivity index (χ1n) is 5.57. The highest BCUT2D eigenvalue weighted by Crippen LogP contribution is 2.24. The molecule has 1 aromatic rings. The van der Waals surface area contributed by atoms with Gasteiger partial charge in [-0.1, -0.05) is 0 Å². The van der Waals surface area contributed by atoms with E-state index in [1.54, 1.807) is 10.9 Å². The molecule has 1 atom stereocenters. The fourth-order valence-corrected chi connectivity index (χ4v) is 2.15. The van der Waals surface area contributed by atoms with Crippen molar-refractivity contribution in [3.05, 3.63) is 16.9 Å². The molecule has 0 radical (unpaired) electrons. The van der Waals surface area contributed by atoms with Crippen LogP contribution in [0.1, 0.15) is 19.8 Å². The van der Waals surface area contributed by atoms with Crippen molar-refractivity contribution in [1.29, 1.82) is 0 Å². The number of ether oxygens (including phenoxy) is 1. The Kier molecular flexibility index (Phi) is 3.53. The minimum Gasteiger partial charge on any atom is -0.468 e. The Balaban J connectivity index is 2.11. The molecule has 94 valence electrons. The van der Waals surface area contributed by atoms with Crippen molar-refractivity contribution in [3.8, 4) is 0 Å². The molecule has 1 N–H and O–H groups in total. The number of methoxy groups -OCH3 is 1. The normalized spacial score (nSPS) is 18.8. The number of nitrogens with one attached hydrogen (secondary N) is 1. The monoisotopic (exact) mass is 301 g/mol. The Morgan fingerprint density at radius 3 is 2.94 bits per heavy atom. The van der Waals surface area contributed by atoms with Gasteiger partial charge in [0.2, 0.25) is 0 Å². The Morgan fingerprint density at radius 1 is 1.76 bits per heavy atom. The third-order valence-corrected chi connectivity index (χ3v) is 3.23. The number of hydrogen-bond acceptors (Lipinski definition) is 4. The van der Waals surface area contributed by atoms with Gasteiger partial charge in [0.25, 0.3) is 0 Å². The lowest BCUT2D eigenvalue weighted by Crippen LogP contribution is -2.54. The predicted molar refractivity (Wildman–Crippen MR) is 66.5 cm³/mol. The van der Waals surface area contributed by atoms with Crippen LogP contribution in [0, 0.1) is 0 Å². The molecule has 0 amide bonds. The van der Waals surface area contributed by atoms with E-state index in [9.17, 15) is 4.79 Å². The zero-order chi connectivity index (χ0) is 12.5. The average molecular weight is 302 g/mol. The van der Waals surface area contributed by atoms with Gasteiger partial charge in [0.1, 0.15) is 5.54 Å². The molecule has 0 spiro atoms. The molecule has 1 aliphatic rings. The van der Waals surface area contributed by atoms with E-state index in [1.807, 2.05) is 13.1 Å². The molecule has 1 fully saturated rings. The van der Waals surface area contributed by atoms with E-state index in [-0.39, 0.29) is 5.97 Å². The predicted octanol–water partition coefficient (Wildman–Crippen LogP) is 1.33. The summed E-state index contributed by atoms with van der Waals surface area (Å²) in [6, 6.07) is 0.429. The minimum absolute atomic E-state index is 0.254. The number of rotatable bonds is 5. The number of carbonyl (C=O) groups is 1. The van der Waals surface area contributed by atoms with Gasteiger partial charge in [0, 0.05) is 12.2 Å². The summed E-state index contributed by atoms with van der Waals surface area (Å²) in [5, 5.41) is 7.49. The first-order valence-corrected chi connectivity index (χ1v) is 6.37. The van der Waals surface area contributed by atoms with Crippen LogP contribution >= 0.6 is 15.9 Å². The highest BCUT2D eigenvalue weighted by Gasteiger charge is 2.40. The van der Waals surface area contributed by atoms with Crippen molar-refractivity contribution in [2.75, 3.05) is 7.11 Å². The van der Waals surface area contributed by atoms with E-state index in [2.05, 4.69) is 26.3 Å². The summed E-state index contributed by atoms with van der Waals surface area (Å²) >= 11 is 3.34. The highest BCUT2D eigenvalue weighted by molar-refractivity contribution is 9.10. The van der Waals surface area contributed by atoms with E-state index in [0.29, 0.717) is 12.6 Å². The van der Waals surface area contributed by atoms with Crippen molar-refractivity contribution in [1.82, 2.24) is 15.1 Å². The van der Waals surface area contributed by atoms with Crippen LogP contribution in [0.3, 0.4) is 0 Å². The van der Waals surface area contributed by atoms with Crippen LogP contribution in [-0.2, 0) is 16.1 Å². The Bertz CT molecular complexity index is 417. The second-order valence-corrected chi connectivity index (χ2v) is 5.51. The molecule has 1 unspecified atom stereocenters. The summed E-state index contributed by atoms with van der Waals surface area (Å²) in [7, 11) is 1.41. The molecule has 2 rings (SSSR count). The van der Waals surface area contributed by atoms with Crippen LogP contribution in [0.4, 0.5) is 0 Å². The van der Waals surface area contributed by atoms with Crippen LogP contribution in [0.25, 0.3) is 0 Å². The van der Waals surface area contributed by atoms with Gasteiger partial charge >= 0.3 is 5.97 Å². The number of halogens is 1. The minimum atomic E-state index is -0.721. The molecule has 0 saturated heterocycles. The molecule has 5 nitrogen and oxygen atoms in total. The average Bonchev–Trinajstić information content (AvgIpc) is 3.00. The lowest BCUT2D eigenvalue weighted by Gasteiger charge is -2.27. The zero-order valence-corrected chi connectivity index (χ0v) is 11.5. The third-order valence-electron chi connectivity index (χ3n) is 2.82. The maximum Gasteiger partial charge on any atom is 0.327 e. The van der Waals surface area contributed by atoms with Gasteiger partial charge in [0.05, 0.1) is 24.3 Å². The Labute approximate surface area is 109 Å². The van der Waals surface area contributed by atoms with Gasteiger partial charge in [-0.2, -0.15) is 5.10 Å². The Morgan fingerprint density at radius 2 is 2.47 bits per heavy atom. The molecule has 6 heteroatoms. The van der Waals surface area contributed by atoms with Gasteiger partial charge < -0.3 is 4.74 Å². The molecular weight excluding hydrogens is 286 g/mol. The van der Waals surface area contributed by atoms with Gasteiger partial charge in [-0.05, 0) is 35.7 Å². The van der Waals surface area contributed by atoms with Crippen molar-refractivity contribution in [2.45, 2.75) is 37.9 Å². The fourth-order valence-electron chi connectivity index (χ4n) is 1.82. The van der Waals surface area contributed by atoms with E-state index < -0.39 is 5.54 Å². The number of esters is 1. The number of nitrogens with zero attached hydrogens (tertiary/aromatic N) is 2. The third kappa shape index (κ3) is 3.07. The van der Waals surface area contributed by atoms with Gasteiger partial charge in [-0.25, -0.2) is 4.79 Å². The molecule has 1 heterocycles. The maximum absolute atomic E-state index is 11.9. The second-order valence-electron chi connectivity index (χ2n) is 4.60. The molecule has 1 saturated carbocycles. The second kappa shape index (κ2) is 4.78. The molecule has 0 aliphatic heterocycles. The summed E-state index contributed by atoms with van der Waals surface area (Å²) < 4.78 is 7.50. The first-order chi connectivity index (χ1) is 8.03. The van der Waals surface area contributed by atoms with Crippen LogP contribution in [0.15, 0.2) is 16.9 Å². The number of carbonyl (C=O) groups excluding carboxylic acids is 1. The molecule has 1 aromatic heterocycles. The summed E-state index contributed by atoms with van der Waals surface area (Å²) in [4.78, 5) is 11.9. The standard InChI is InChI=1S/C11H16BrN3O2/c1-11(10(16)17-2,14-9-3-4-9)7-15-6-8(12)5-13-15/h5-6,9,14H,3-4,7H2,1-2H3. The Hall–Kier alpha value is -0.880. The molecular formula is C11H16BrN3O2. The summed E-state index contributed by atoms with van der Waals surface area (Å²) in [5.74, 6) is -0.254. The van der Waals surface area contributed by atoms with Gasteiger partial charge in [0.15, 0.2) is 0 Å². The smallest absolute Gasteiger partial charge is 0.327 e. The zero-order valence-electron chi connectivity index (χ0n) is 9.94. The SMILES string of the molecule is COC(=O)C(C)(Cn1cc(Br)cn1)NC1CC1. The van der Waals surface area contributed by atoms with Crippen molar-refractivity contribution < 1.29 is 9.53 Å². The van der Waals surface area contributed by atoms with E-state index in [4.69, 9.17) is 4.74 Å². The van der Waals surface area contributed by atoms with Crippen molar-refractivity contribution in [2.24, 2.45) is 0 Å². The summed E-state index contributed by atoms with van der Waals surface area (Å²) in [5.41, 5.74) is -0.721. The first kappa shape index (κ1) is 12.6. The van der Waals surface area contributed by atoms with Crippen molar-refractivity contribution in [3.63, 3.8) is 0 Å². The maximum atomic E-state index is 11.9. The number of aromatic nitrogens is 2. The van der Waals surface area contributed by atoms with Crippen LogP contribution < -0.4 is 5.32 Å². The van der Waals surface area contributed by atoms with E-state index in [0.717, 1.165) is 17.3 Å². The van der Waals surface area contributed by atoms with Crippen molar-refractivity contribution >= 4 is 21.9 Å². The molecule has 1 aliphatic carbocycles. The van der Waals surface area contributed by atoms with Gasteiger partial charge in [-0.15, -0.1) is 0 Å². The summed E-state index contributed by atoms with van der Waals surface area (Å²) in [6.07, 6.45) is 5.79. The lowest BCUT2D eigenvalue weighted by molar-refractivity contribution is -0.148. The van der Waals surface area contributed by atoms with Crippen LogP contribution in [0.5, 0.6) is 0 Å². The quantitative estimate of drug-likeness (QED) is 0.834. The fraction of sp³-hybridized carbons (Fsp3) is 0.636. The molecule has 0 aromatic carbocycles. The molecule has 17 heavy (non-hydrogen) atoms. The highest BCUT2D eigenvalue weighted by atomic mass is 79.9. The lowest BCUT2D eigenvalue weighted by atomic mass is 10.0. The van der Waals surface area contributed by atoms with Gasteiger partial charge in [-0.3, -0.25) is 10.00 Å². The molecule has 0 bridgehead atoms.